The lowest BCUT2D eigenvalue weighted by Gasteiger charge is -2.12. The predicted octanol–water partition coefficient (Wildman–Crippen LogP) is 3.68. The fourth-order valence-corrected chi connectivity index (χ4v) is 2.97. The first-order valence-corrected chi connectivity index (χ1v) is 9.07. The van der Waals surface area contributed by atoms with Crippen molar-refractivity contribution in [2.24, 2.45) is 4.99 Å². The molecule has 0 aliphatic heterocycles. The molecule has 5 nitrogen and oxygen atoms in total. The van der Waals surface area contributed by atoms with E-state index in [2.05, 4.69) is 52.0 Å². The molecular weight excluding hydrogens is 447 g/mol. The fourth-order valence-electron chi connectivity index (χ4n) is 2.32. The largest absolute Gasteiger partial charge is 0.496 e. The molecule has 0 bridgehead atoms. The highest BCUT2D eigenvalue weighted by molar-refractivity contribution is 14.0. The first-order chi connectivity index (χ1) is 11.6. The molecule has 0 saturated carbocycles. The molecule has 2 aromatic rings. The van der Waals surface area contributed by atoms with Crippen LogP contribution in [0.4, 0.5) is 0 Å². The van der Waals surface area contributed by atoms with Crippen LogP contribution in [0.3, 0.4) is 0 Å². The summed E-state index contributed by atoms with van der Waals surface area (Å²) in [7, 11) is 1.70. The Hall–Kier alpha value is -1.35. The summed E-state index contributed by atoms with van der Waals surface area (Å²) in [6.45, 7) is 8.36. The van der Waals surface area contributed by atoms with Crippen molar-refractivity contribution in [3.05, 3.63) is 45.4 Å². The zero-order valence-corrected chi connectivity index (χ0v) is 18.4. The Balaban J connectivity index is 0.00000312. The summed E-state index contributed by atoms with van der Waals surface area (Å²) in [4.78, 5) is 9.13. The van der Waals surface area contributed by atoms with Crippen LogP contribution in [0, 0.1) is 13.8 Å². The molecule has 0 saturated heterocycles. The Kier molecular flexibility index (Phi) is 9.81. The first-order valence-electron chi connectivity index (χ1n) is 8.19. The van der Waals surface area contributed by atoms with Gasteiger partial charge in [0.1, 0.15) is 5.75 Å². The highest BCUT2D eigenvalue weighted by atomic mass is 127. The number of ether oxygens (including phenoxy) is 1. The number of methoxy groups -OCH3 is 1. The van der Waals surface area contributed by atoms with Crippen molar-refractivity contribution in [1.82, 2.24) is 15.6 Å². The SMILES string of the molecule is CCNC(=NCc1ccc(C)cc1OC)NCCc1csc(C)n1.I. The second-order valence-corrected chi connectivity index (χ2v) is 6.61. The molecule has 2 rings (SSSR count). The Morgan fingerprint density at radius 2 is 2.08 bits per heavy atom. The number of aliphatic imine (C=N–C) groups is 1. The van der Waals surface area contributed by atoms with E-state index in [-0.39, 0.29) is 24.0 Å². The number of thiazole rings is 1. The van der Waals surface area contributed by atoms with Crippen LogP contribution in [-0.2, 0) is 13.0 Å². The molecule has 0 aliphatic carbocycles. The number of guanidine groups is 1. The van der Waals surface area contributed by atoms with E-state index in [0.29, 0.717) is 6.54 Å². The van der Waals surface area contributed by atoms with E-state index in [4.69, 9.17) is 4.74 Å². The fraction of sp³-hybridized carbons (Fsp3) is 0.444. The van der Waals surface area contributed by atoms with E-state index in [1.54, 1.807) is 18.4 Å². The van der Waals surface area contributed by atoms with Crippen LogP contribution in [0.5, 0.6) is 5.75 Å². The molecule has 1 aromatic carbocycles. The van der Waals surface area contributed by atoms with Gasteiger partial charge in [-0.15, -0.1) is 35.3 Å². The maximum Gasteiger partial charge on any atom is 0.191 e. The summed E-state index contributed by atoms with van der Waals surface area (Å²) in [5.74, 6) is 1.69. The van der Waals surface area contributed by atoms with E-state index < -0.39 is 0 Å². The van der Waals surface area contributed by atoms with Crippen LogP contribution in [-0.4, -0.2) is 31.1 Å². The van der Waals surface area contributed by atoms with E-state index in [9.17, 15) is 0 Å². The molecule has 0 radical (unpaired) electrons. The normalized spacial score (nSPS) is 11.0. The summed E-state index contributed by atoms with van der Waals surface area (Å²) in [6.07, 6.45) is 0.891. The number of nitrogens with one attached hydrogen (secondary N) is 2. The maximum absolute atomic E-state index is 5.44. The molecule has 2 N–H and O–H groups in total. The van der Waals surface area contributed by atoms with Gasteiger partial charge in [-0.05, 0) is 32.4 Å². The highest BCUT2D eigenvalue weighted by Crippen LogP contribution is 2.20. The lowest BCUT2D eigenvalue weighted by Crippen LogP contribution is -2.38. The first kappa shape index (κ1) is 21.7. The Bertz CT molecular complexity index is 687. The third-order valence-corrected chi connectivity index (χ3v) is 4.36. The number of halogens is 1. The smallest absolute Gasteiger partial charge is 0.191 e. The molecule has 0 amide bonds. The average Bonchev–Trinajstić information content (AvgIpc) is 2.98. The minimum Gasteiger partial charge on any atom is -0.496 e. The Morgan fingerprint density at radius 3 is 2.72 bits per heavy atom. The van der Waals surface area contributed by atoms with Gasteiger partial charge >= 0.3 is 0 Å². The Labute approximate surface area is 171 Å². The van der Waals surface area contributed by atoms with Crippen LogP contribution < -0.4 is 15.4 Å². The number of nitrogens with zero attached hydrogens (tertiary/aromatic N) is 2. The minimum atomic E-state index is 0. The number of hydrogen-bond acceptors (Lipinski definition) is 4. The van der Waals surface area contributed by atoms with E-state index in [1.807, 2.05) is 13.0 Å². The summed E-state index contributed by atoms with van der Waals surface area (Å²) in [6, 6.07) is 6.19. The van der Waals surface area contributed by atoms with Crippen molar-refractivity contribution in [3.63, 3.8) is 0 Å². The molecule has 0 atom stereocenters. The highest BCUT2D eigenvalue weighted by Gasteiger charge is 2.04. The summed E-state index contributed by atoms with van der Waals surface area (Å²) in [5, 5.41) is 9.85. The van der Waals surface area contributed by atoms with Crippen LogP contribution in [0.15, 0.2) is 28.6 Å². The molecule has 0 spiro atoms. The standard InChI is InChI=1S/C18H26N4OS.HI/c1-5-19-18(20-9-8-16-12-24-14(3)22-16)21-11-15-7-6-13(2)10-17(15)23-4;/h6-7,10,12H,5,8-9,11H2,1-4H3,(H2,19,20,21);1H. The van der Waals surface area contributed by atoms with E-state index in [1.165, 1.54) is 5.56 Å². The van der Waals surface area contributed by atoms with Crippen molar-refractivity contribution in [1.29, 1.82) is 0 Å². The van der Waals surface area contributed by atoms with Crippen LogP contribution in [0.25, 0.3) is 0 Å². The molecule has 25 heavy (non-hydrogen) atoms. The van der Waals surface area contributed by atoms with Crippen molar-refractivity contribution in [2.45, 2.75) is 33.7 Å². The van der Waals surface area contributed by atoms with E-state index in [0.717, 1.165) is 47.5 Å². The van der Waals surface area contributed by atoms with Crippen LogP contribution >= 0.6 is 35.3 Å². The van der Waals surface area contributed by atoms with Crippen molar-refractivity contribution in [2.75, 3.05) is 20.2 Å². The topological polar surface area (TPSA) is 58.5 Å². The van der Waals surface area contributed by atoms with Gasteiger partial charge in [0, 0.05) is 30.5 Å². The molecular formula is C18H27IN4OS. The number of benzene rings is 1. The van der Waals surface area contributed by atoms with Gasteiger partial charge in [-0.3, -0.25) is 0 Å². The summed E-state index contributed by atoms with van der Waals surface area (Å²) >= 11 is 1.69. The third-order valence-electron chi connectivity index (χ3n) is 3.53. The number of aryl methyl sites for hydroxylation is 2. The van der Waals surface area contributed by atoms with Crippen molar-refractivity contribution in [3.8, 4) is 5.75 Å². The molecule has 1 aromatic heterocycles. The van der Waals surface area contributed by atoms with Crippen LogP contribution in [0.1, 0.15) is 28.8 Å². The maximum atomic E-state index is 5.44. The molecule has 0 unspecified atom stereocenters. The zero-order chi connectivity index (χ0) is 17.4. The average molecular weight is 474 g/mol. The molecule has 138 valence electrons. The van der Waals surface area contributed by atoms with Crippen molar-refractivity contribution >= 4 is 41.3 Å². The number of rotatable bonds is 7. The lowest BCUT2D eigenvalue weighted by atomic mass is 10.1. The predicted molar refractivity (Wildman–Crippen MR) is 117 cm³/mol. The van der Waals surface area contributed by atoms with Gasteiger partial charge in [0.15, 0.2) is 5.96 Å². The second-order valence-electron chi connectivity index (χ2n) is 5.55. The second kappa shape index (κ2) is 11.3. The minimum absolute atomic E-state index is 0. The van der Waals surface area contributed by atoms with Gasteiger partial charge < -0.3 is 15.4 Å². The Morgan fingerprint density at radius 1 is 1.28 bits per heavy atom. The molecule has 0 fully saturated rings. The van der Waals surface area contributed by atoms with Gasteiger partial charge in [0.05, 0.1) is 24.4 Å². The van der Waals surface area contributed by atoms with Gasteiger partial charge in [-0.25, -0.2) is 9.98 Å². The van der Waals surface area contributed by atoms with Gasteiger partial charge in [0.2, 0.25) is 0 Å². The summed E-state index contributed by atoms with van der Waals surface area (Å²) in [5.41, 5.74) is 3.39. The van der Waals surface area contributed by atoms with Crippen LogP contribution in [0.2, 0.25) is 0 Å². The lowest BCUT2D eigenvalue weighted by molar-refractivity contribution is 0.409. The zero-order valence-electron chi connectivity index (χ0n) is 15.3. The van der Waals surface area contributed by atoms with Gasteiger partial charge in [-0.2, -0.15) is 0 Å². The summed E-state index contributed by atoms with van der Waals surface area (Å²) < 4.78 is 5.44. The molecule has 1 heterocycles. The van der Waals surface area contributed by atoms with Crippen molar-refractivity contribution < 1.29 is 4.74 Å². The van der Waals surface area contributed by atoms with E-state index >= 15 is 0 Å². The molecule has 7 heteroatoms. The monoisotopic (exact) mass is 474 g/mol. The van der Waals surface area contributed by atoms with Gasteiger partial charge in [0.25, 0.3) is 0 Å². The molecule has 0 aliphatic rings. The quantitative estimate of drug-likeness (QED) is 0.365. The third kappa shape index (κ3) is 7.19. The van der Waals surface area contributed by atoms with Gasteiger partial charge in [-0.1, -0.05) is 12.1 Å². The number of aromatic nitrogens is 1. The number of hydrogen-bond donors (Lipinski definition) is 2.